The van der Waals surface area contributed by atoms with Gasteiger partial charge >= 0.3 is 0 Å². The zero-order valence-electron chi connectivity index (χ0n) is 25.1. The lowest BCUT2D eigenvalue weighted by atomic mass is 9.78. The second kappa shape index (κ2) is 10.2. The number of ether oxygens (including phenoxy) is 1. The molecular formula is C28H52N8O. The van der Waals surface area contributed by atoms with Crippen LogP contribution in [0.2, 0.25) is 0 Å². The van der Waals surface area contributed by atoms with Gasteiger partial charge in [0.05, 0.1) is 19.9 Å². The number of rotatable bonds is 6. The van der Waals surface area contributed by atoms with Crippen LogP contribution < -0.4 is 20.4 Å². The Kier molecular flexibility index (Phi) is 7.85. The van der Waals surface area contributed by atoms with Gasteiger partial charge in [-0.2, -0.15) is 15.0 Å². The molecule has 210 valence electrons. The van der Waals surface area contributed by atoms with Crippen molar-refractivity contribution in [1.82, 2.24) is 30.5 Å². The largest absolute Gasteiger partial charge is 0.378 e. The van der Waals surface area contributed by atoms with Crippen LogP contribution in [0.1, 0.15) is 86.9 Å². The number of hydrogen-bond acceptors (Lipinski definition) is 9. The monoisotopic (exact) mass is 516 g/mol. The third-order valence-corrected chi connectivity index (χ3v) is 8.05. The van der Waals surface area contributed by atoms with E-state index in [1.54, 1.807) is 0 Å². The van der Waals surface area contributed by atoms with Gasteiger partial charge in [0.2, 0.25) is 11.9 Å². The summed E-state index contributed by atoms with van der Waals surface area (Å²) in [6.07, 6.45) is 4.29. The van der Waals surface area contributed by atoms with Gasteiger partial charge in [0.15, 0.2) is 0 Å². The lowest BCUT2D eigenvalue weighted by Crippen LogP contribution is -2.65. The highest BCUT2D eigenvalue weighted by Crippen LogP contribution is 2.35. The van der Waals surface area contributed by atoms with E-state index in [0.717, 1.165) is 63.2 Å². The summed E-state index contributed by atoms with van der Waals surface area (Å²) in [5.74, 6) is 2.34. The van der Waals surface area contributed by atoms with Gasteiger partial charge in [-0.25, -0.2) is 0 Å². The van der Waals surface area contributed by atoms with Crippen LogP contribution in [0.5, 0.6) is 0 Å². The lowest BCUT2D eigenvalue weighted by Gasteiger charge is -2.52. The quantitative estimate of drug-likeness (QED) is 0.553. The predicted molar refractivity (Wildman–Crippen MR) is 151 cm³/mol. The van der Waals surface area contributed by atoms with Gasteiger partial charge < -0.3 is 25.2 Å². The first-order valence-corrected chi connectivity index (χ1v) is 14.1. The van der Waals surface area contributed by atoms with Crippen LogP contribution in [0.3, 0.4) is 0 Å². The molecule has 3 saturated heterocycles. The van der Waals surface area contributed by atoms with Crippen molar-refractivity contribution in [3.63, 3.8) is 0 Å². The van der Waals surface area contributed by atoms with Gasteiger partial charge in [-0.05, 0) is 95.0 Å². The number of aryl methyl sites for hydroxylation is 1. The number of aromatic nitrogens is 3. The van der Waals surface area contributed by atoms with Crippen molar-refractivity contribution in [2.24, 2.45) is 0 Å². The highest BCUT2D eigenvalue weighted by molar-refractivity contribution is 5.41. The molecule has 3 aliphatic heterocycles. The summed E-state index contributed by atoms with van der Waals surface area (Å²) in [5.41, 5.74) is 0.239. The molecule has 9 nitrogen and oxygen atoms in total. The van der Waals surface area contributed by atoms with Crippen molar-refractivity contribution < 1.29 is 4.74 Å². The van der Waals surface area contributed by atoms with Crippen LogP contribution in [0.15, 0.2) is 0 Å². The minimum absolute atomic E-state index is 0.0249. The number of morpholine rings is 1. The van der Waals surface area contributed by atoms with E-state index >= 15 is 0 Å². The maximum Gasteiger partial charge on any atom is 0.231 e. The Balaban J connectivity index is 1.67. The Morgan fingerprint density at radius 1 is 0.784 bits per heavy atom. The van der Waals surface area contributed by atoms with Crippen molar-refractivity contribution in [1.29, 1.82) is 0 Å². The Bertz CT molecular complexity index is 908. The highest BCUT2D eigenvalue weighted by atomic mass is 16.5. The topological polar surface area (TPSA) is 81.7 Å². The van der Waals surface area contributed by atoms with E-state index < -0.39 is 0 Å². The second-order valence-electron chi connectivity index (χ2n) is 14.4. The minimum atomic E-state index is 0.0249. The van der Waals surface area contributed by atoms with Gasteiger partial charge in [-0.3, -0.25) is 4.90 Å². The van der Waals surface area contributed by atoms with E-state index in [4.69, 9.17) is 19.7 Å². The summed E-state index contributed by atoms with van der Waals surface area (Å²) in [7, 11) is 2.28. The van der Waals surface area contributed by atoms with Crippen LogP contribution in [0.4, 0.5) is 11.9 Å². The molecule has 1 aromatic heterocycles. The zero-order chi connectivity index (χ0) is 27.2. The van der Waals surface area contributed by atoms with Crippen molar-refractivity contribution in [2.75, 3.05) is 49.8 Å². The molecule has 0 spiro atoms. The van der Waals surface area contributed by atoms with Gasteiger partial charge in [0.25, 0.3) is 0 Å². The molecule has 37 heavy (non-hydrogen) atoms. The first-order chi connectivity index (χ1) is 17.0. The summed E-state index contributed by atoms with van der Waals surface area (Å²) < 4.78 is 5.58. The van der Waals surface area contributed by atoms with Crippen molar-refractivity contribution in [2.45, 2.75) is 122 Å². The number of piperidine rings is 2. The van der Waals surface area contributed by atoms with Crippen LogP contribution in [0.25, 0.3) is 0 Å². The van der Waals surface area contributed by atoms with Gasteiger partial charge in [-0.1, -0.05) is 0 Å². The summed E-state index contributed by atoms with van der Waals surface area (Å²) in [5, 5.41) is 7.70. The van der Waals surface area contributed by atoms with Crippen molar-refractivity contribution in [3.05, 3.63) is 5.82 Å². The van der Waals surface area contributed by atoms with Crippen LogP contribution in [0, 0.1) is 6.92 Å². The third kappa shape index (κ3) is 7.31. The molecule has 0 bridgehead atoms. The third-order valence-electron chi connectivity index (χ3n) is 8.05. The number of nitrogens with one attached hydrogen (secondary N) is 2. The summed E-state index contributed by atoms with van der Waals surface area (Å²) in [6.45, 7) is 24.4. The average molecular weight is 517 g/mol. The number of anilines is 2. The molecule has 9 heteroatoms. The molecule has 2 N–H and O–H groups in total. The van der Waals surface area contributed by atoms with Crippen molar-refractivity contribution >= 4 is 11.9 Å². The Morgan fingerprint density at radius 3 is 1.78 bits per heavy atom. The standard InChI is InChI=1S/C28H52N8O/c1-20-29-23(35-11-13-37-14-12-35)31-24(30-20)36(22-17-27(6,7)33-28(8,9)18-22)19-34(10)21-15-25(2,3)32-26(4,5)16-21/h21-22,32-33H,11-19H2,1-10H3. The predicted octanol–water partition coefficient (Wildman–Crippen LogP) is 3.33. The molecule has 0 radical (unpaired) electrons. The molecule has 0 atom stereocenters. The summed E-state index contributed by atoms with van der Waals surface area (Å²) in [4.78, 5) is 22.0. The normalized spacial score (nSPS) is 25.9. The average Bonchev–Trinajstić information content (AvgIpc) is 2.73. The molecule has 0 amide bonds. The van der Waals surface area contributed by atoms with E-state index in [-0.39, 0.29) is 22.2 Å². The van der Waals surface area contributed by atoms with E-state index in [1.807, 2.05) is 6.92 Å². The van der Waals surface area contributed by atoms with Gasteiger partial charge in [0, 0.05) is 47.3 Å². The van der Waals surface area contributed by atoms with Crippen LogP contribution >= 0.6 is 0 Å². The van der Waals surface area contributed by atoms with E-state index in [0.29, 0.717) is 25.3 Å². The first kappa shape index (κ1) is 28.5. The number of nitrogens with zero attached hydrogens (tertiary/aromatic N) is 6. The zero-order valence-corrected chi connectivity index (χ0v) is 25.1. The number of hydrogen-bond donors (Lipinski definition) is 2. The minimum Gasteiger partial charge on any atom is -0.378 e. The molecule has 4 heterocycles. The van der Waals surface area contributed by atoms with Crippen molar-refractivity contribution in [3.8, 4) is 0 Å². The molecular weight excluding hydrogens is 464 g/mol. The van der Waals surface area contributed by atoms with Gasteiger partial charge in [-0.15, -0.1) is 0 Å². The second-order valence-corrected chi connectivity index (χ2v) is 14.4. The molecule has 3 aliphatic rings. The smallest absolute Gasteiger partial charge is 0.231 e. The highest BCUT2D eigenvalue weighted by Gasteiger charge is 2.43. The lowest BCUT2D eigenvalue weighted by molar-refractivity contribution is 0.0757. The van der Waals surface area contributed by atoms with Crippen LogP contribution in [-0.4, -0.2) is 94.1 Å². The van der Waals surface area contributed by atoms with Crippen LogP contribution in [-0.2, 0) is 4.74 Å². The Morgan fingerprint density at radius 2 is 1.27 bits per heavy atom. The fourth-order valence-electron chi connectivity index (χ4n) is 7.25. The first-order valence-electron chi connectivity index (χ1n) is 14.1. The van der Waals surface area contributed by atoms with E-state index in [1.165, 1.54) is 0 Å². The summed E-state index contributed by atoms with van der Waals surface area (Å²) >= 11 is 0. The Labute approximate surface area is 225 Å². The fourth-order valence-corrected chi connectivity index (χ4v) is 7.25. The maximum atomic E-state index is 5.58. The Hall–Kier alpha value is -1.55. The SMILES string of the molecule is Cc1nc(N2CCOCC2)nc(N(CN(C)C2CC(C)(C)NC(C)(C)C2)C2CC(C)(C)NC(C)(C)C2)n1. The van der Waals surface area contributed by atoms with E-state index in [2.05, 4.69) is 87.8 Å². The molecule has 1 aromatic rings. The molecule has 0 aromatic carbocycles. The fraction of sp³-hybridized carbons (Fsp3) is 0.893. The van der Waals surface area contributed by atoms with Gasteiger partial charge in [0.1, 0.15) is 5.82 Å². The summed E-state index contributed by atoms with van der Waals surface area (Å²) in [6, 6.07) is 0.786. The molecule has 0 saturated carbocycles. The van der Waals surface area contributed by atoms with E-state index in [9.17, 15) is 0 Å². The molecule has 3 fully saturated rings. The molecule has 4 rings (SSSR count). The molecule has 0 aliphatic carbocycles. The molecule has 0 unspecified atom stereocenters. The maximum absolute atomic E-state index is 5.58.